The summed E-state index contributed by atoms with van der Waals surface area (Å²) in [5.74, 6) is -0.867. The molecule has 1 spiro atoms. The molecule has 0 saturated carbocycles. The third-order valence-electron chi connectivity index (χ3n) is 5.20. The fraction of sp³-hybridized carbons (Fsp3) is 0.312. The van der Waals surface area contributed by atoms with E-state index in [2.05, 4.69) is 15.4 Å². The fourth-order valence-corrected chi connectivity index (χ4v) is 4.33. The van der Waals surface area contributed by atoms with Gasteiger partial charge in [0.25, 0.3) is 0 Å². The molecule has 3 aliphatic carbocycles. The number of halogens is 3. The van der Waals surface area contributed by atoms with Gasteiger partial charge in [-0.25, -0.2) is 0 Å². The monoisotopic (exact) mass is 317 g/mol. The van der Waals surface area contributed by atoms with Crippen molar-refractivity contribution in [1.82, 2.24) is 15.4 Å². The summed E-state index contributed by atoms with van der Waals surface area (Å²) in [6.07, 6.45) is -1.51. The van der Waals surface area contributed by atoms with Crippen LogP contribution in [0.15, 0.2) is 29.4 Å². The number of hydrogen-bond acceptors (Lipinski definition) is 3. The predicted molar refractivity (Wildman–Crippen MR) is 75.3 cm³/mol. The Labute approximate surface area is 128 Å². The number of fused-ring (bicyclic) bond motifs is 4. The molecule has 2 bridgehead atoms. The van der Waals surface area contributed by atoms with Gasteiger partial charge in [0.1, 0.15) is 16.6 Å². The summed E-state index contributed by atoms with van der Waals surface area (Å²) < 4.78 is 40.8. The maximum atomic E-state index is 13.6. The van der Waals surface area contributed by atoms with Crippen LogP contribution in [0.2, 0.25) is 0 Å². The number of hydrogen-bond donors (Lipinski definition) is 1. The predicted octanol–water partition coefficient (Wildman–Crippen LogP) is 3.12. The number of carbonyl (C=O) groups is 1. The Bertz CT molecular complexity index is 967. The first-order chi connectivity index (χ1) is 10.9. The molecule has 0 aliphatic heterocycles. The Balaban J connectivity index is 1.91. The largest absolute Gasteiger partial charge is 0.420 e. The zero-order chi connectivity index (χ0) is 16.0. The molecule has 1 aromatic carbocycles. The third kappa shape index (κ3) is 1.45. The molecule has 0 saturated heterocycles. The van der Waals surface area contributed by atoms with Gasteiger partial charge in [0.2, 0.25) is 0 Å². The average Bonchev–Trinajstić information content (AvgIpc) is 3.15. The topological polar surface area (TPSA) is 58.6 Å². The standard InChI is InChI=1S/C16H10F3N3O/c17-16(18,19)12-11-8-1-2-10-13(21-22-20-10)9(8)6-15(11)4-3-7(5-15)14(12)23/h1-2,5H,3-4,6H2,(H,20,21,22)/t15-/m0/s1. The number of carbonyl (C=O) groups excluding carboxylic acids is 1. The van der Waals surface area contributed by atoms with Crippen LogP contribution in [-0.4, -0.2) is 27.4 Å². The molecule has 1 N–H and O–H groups in total. The van der Waals surface area contributed by atoms with Gasteiger partial charge in [0.05, 0.1) is 0 Å². The number of rotatable bonds is 0. The van der Waals surface area contributed by atoms with Gasteiger partial charge >= 0.3 is 6.18 Å². The molecule has 5 rings (SSSR count). The molecular weight excluding hydrogens is 307 g/mol. The molecule has 1 heterocycles. The number of benzene rings is 1. The van der Waals surface area contributed by atoms with Crippen molar-refractivity contribution in [3.05, 3.63) is 40.5 Å². The zero-order valence-electron chi connectivity index (χ0n) is 11.8. The van der Waals surface area contributed by atoms with Gasteiger partial charge in [-0.15, -0.1) is 0 Å². The highest BCUT2D eigenvalue weighted by molar-refractivity contribution is 6.18. The quantitative estimate of drug-likeness (QED) is 0.812. The van der Waals surface area contributed by atoms with Gasteiger partial charge in [0.15, 0.2) is 5.78 Å². The van der Waals surface area contributed by atoms with Gasteiger partial charge < -0.3 is 0 Å². The lowest BCUT2D eigenvalue weighted by Gasteiger charge is -2.28. The number of nitrogens with zero attached hydrogens (tertiary/aromatic N) is 2. The third-order valence-corrected chi connectivity index (χ3v) is 5.20. The summed E-state index contributed by atoms with van der Waals surface area (Å²) in [7, 11) is 0. The second-order valence-corrected chi connectivity index (χ2v) is 6.36. The van der Waals surface area contributed by atoms with Crippen molar-refractivity contribution in [2.45, 2.75) is 25.4 Å². The van der Waals surface area contributed by atoms with Crippen LogP contribution < -0.4 is 0 Å². The van der Waals surface area contributed by atoms with Gasteiger partial charge in [0, 0.05) is 5.41 Å². The summed E-state index contributed by atoms with van der Waals surface area (Å²) in [5, 5.41) is 10.6. The molecule has 0 radical (unpaired) electrons. The highest BCUT2D eigenvalue weighted by atomic mass is 19.4. The lowest BCUT2D eigenvalue weighted by atomic mass is 9.75. The van der Waals surface area contributed by atoms with Crippen LogP contribution in [0.4, 0.5) is 13.2 Å². The van der Waals surface area contributed by atoms with E-state index in [1.807, 2.05) is 0 Å². The van der Waals surface area contributed by atoms with Crippen LogP contribution in [0.1, 0.15) is 24.0 Å². The number of Topliss-reactive ketones (excluding diaryl/α,β-unsaturated/α-hetero) is 1. The van der Waals surface area contributed by atoms with Crippen molar-refractivity contribution in [2.75, 3.05) is 0 Å². The Kier molecular flexibility index (Phi) is 2.11. The minimum atomic E-state index is -4.65. The maximum absolute atomic E-state index is 13.6. The Morgan fingerprint density at radius 3 is 2.83 bits per heavy atom. The summed E-state index contributed by atoms with van der Waals surface area (Å²) in [5.41, 5.74) is 1.18. The number of alkyl halides is 3. The maximum Gasteiger partial charge on any atom is 0.420 e. The second-order valence-electron chi connectivity index (χ2n) is 6.36. The summed E-state index contributed by atoms with van der Waals surface area (Å²) >= 11 is 0. The minimum absolute atomic E-state index is 0.135. The van der Waals surface area contributed by atoms with E-state index in [9.17, 15) is 18.0 Å². The van der Waals surface area contributed by atoms with Crippen molar-refractivity contribution in [2.24, 2.45) is 5.41 Å². The summed E-state index contributed by atoms with van der Waals surface area (Å²) in [6.45, 7) is 0. The molecule has 2 aromatic rings. The van der Waals surface area contributed by atoms with Gasteiger partial charge in [-0.3, -0.25) is 4.79 Å². The van der Waals surface area contributed by atoms with E-state index in [-0.39, 0.29) is 5.57 Å². The van der Waals surface area contributed by atoms with Crippen LogP contribution in [0, 0.1) is 5.41 Å². The van der Waals surface area contributed by atoms with Crippen LogP contribution in [0.25, 0.3) is 16.6 Å². The number of aromatic nitrogens is 3. The van der Waals surface area contributed by atoms with E-state index in [1.54, 1.807) is 18.2 Å². The first kappa shape index (κ1) is 13.0. The van der Waals surface area contributed by atoms with Crippen LogP contribution in [0.3, 0.4) is 0 Å². The van der Waals surface area contributed by atoms with Gasteiger partial charge in [-0.05, 0) is 47.6 Å². The smallest absolute Gasteiger partial charge is 0.289 e. The normalized spacial score (nSPS) is 25.9. The molecule has 116 valence electrons. The van der Waals surface area contributed by atoms with Crippen LogP contribution in [0.5, 0.6) is 0 Å². The van der Waals surface area contributed by atoms with Gasteiger partial charge in [-0.2, -0.15) is 28.6 Å². The number of H-pyrrole nitrogens is 1. The van der Waals surface area contributed by atoms with Crippen molar-refractivity contribution >= 4 is 22.4 Å². The van der Waals surface area contributed by atoms with E-state index in [4.69, 9.17) is 0 Å². The number of nitrogens with one attached hydrogen (secondary N) is 1. The van der Waals surface area contributed by atoms with Crippen LogP contribution >= 0.6 is 0 Å². The van der Waals surface area contributed by atoms with Crippen molar-refractivity contribution in [3.8, 4) is 0 Å². The molecular formula is C16H10F3N3O. The van der Waals surface area contributed by atoms with E-state index >= 15 is 0 Å². The highest BCUT2D eigenvalue weighted by Crippen LogP contribution is 2.61. The van der Waals surface area contributed by atoms with Crippen molar-refractivity contribution in [3.63, 3.8) is 0 Å². The lowest BCUT2D eigenvalue weighted by molar-refractivity contribution is -0.125. The van der Waals surface area contributed by atoms with E-state index < -0.39 is 22.9 Å². The van der Waals surface area contributed by atoms with Crippen LogP contribution in [-0.2, 0) is 11.2 Å². The Morgan fingerprint density at radius 1 is 1.22 bits per heavy atom. The van der Waals surface area contributed by atoms with Crippen molar-refractivity contribution < 1.29 is 18.0 Å². The molecule has 1 aromatic heterocycles. The van der Waals surface area contributed by atoms with Crippen molar-refractivity contribution in [1.29, 1.82) is 0 Å². The molecule has 4 nitrogen and oxygen atoms in total. The minimum Gasteiger partial charge on any atom is -0.289 e. The summed E-state index contributed by atoms with van der Waals surface area (Å²) in [6, 6.07) is 3.29. The number of allylic oxidation sites excluding steroid dienone is 4. The Hall–Kier alpha value is -2.44. The summed E-state index contributed by atoms with van der Waals surface area (Å²) in [4.78, 5) is 12.3. The van der Waals surface area contributed by atoms with E-state index in [0.29, 0.717) is 41.4 Å². The fourth-order valence-electron chi connectivity index (χ4n) is 4.33. The molecule has 3 aliphatic rings. The number of ketones is 1. The second kappa shape index (κ2) is 3.72. The molecule has 0 unspecified atom stereocenters. The molecule has 1 atom stereocenters. The molecule has 0 amide bonds. The molecule has 23 heavy (non-hydrogen) atoms. The van der Waals surface area contributed by atoms with Gasteiger partial charge in [-0.1, -0.05) is 12.1 Å². The molecule has 0 fully saturated rings. The zero-order valence-corrected chi connectivity index (χ0v) is 11.8. The first-order valence-electron chi connectivity index (χ1n) is 7.32. The molecule has 7 heteroatoms. The lowest BCUT2D eigenvalue weighted by Crippen LogP contribution is -2.28. The Morgan fingerprint density at radius 2 is 2.04 bits per heavy atom. The first-order valence-corrected chi connectivity index (χ1v) is 7.32. The average molecular weight is 317 g/mol. The van der Waals surface area contributed by atoms with E-state index in [1.165, 1.54) is 0 Å². The number of aromatic amines is 1. The highest BCUT2D eigenvalue weighted by Gasteiger charge is 2.56. The SMILES string of the molecule is O=C1C2=C[C@@]3(CC2)Cc2c(ccc4n[nH]nc24)C3=C1C(F)(F)F. The van der Waals surface area contributed by atoms with E-state index in [0.717, 1.165) is 5.56 Å².